The highest BCUT2D eigenvalue weighted by molar-refractivity contribution is 7.90. The zero-order valence-electron chi connectivity index (χ0n) is 11.5. The number of methoxy groups -OCH3 is 1. The molecule has 2 aromatic carbocycles. The number of ether oxygens (including phenoxy) is 1. The van der Waals surface area contributed by atoms with Crippen LogP contribution in [0.1, 0.15) is 5.56 Å². The summed E-state index contributed by atoms with van der Waals surface area (Å²) < 4.78 is 32.6. The lowest BCUT2D eigenvalue weighted by molar-refractivity contribution is -0.384. The number of nitro benzene ring substituents is 1. The van der Waals surface area contributed by atoms with Crippen molar-refractivity contribution in [3.05, 3.63) is 64.2 Å². The standard InChI is InChI=1S/C14H12N2O5S/c1-21-13-6-8-14(9-7-13)22(19,20)15-10-11-2-4-12(5-3-11)16(17)18/h2-10H,1H3. The van der Waals surface area contributed by atoms with Crippen molar-refractivity contribution in [1.29, 1.82) is 0 Å². The van der Waals surface area contributed by atoms with Crippen LogP contribution in [-0.2, 0) is 10.0 Å². The van der Waals surface area contributed by atoms with E-state index in [9.17, 15) is 18.5 Å². The summed E-state index contributed by atoms with van der Waals surface area (Å²) in [6, 6.07) is 11.2. The minimum atomic E-state index is -3.83. The van der Waals surface area contributed by atoms with E-state index in [4.69, 9.17) is 4.74 Å². The molecule has 7 nitrogen and oxygen atoms in total. The molecule has 0 amide bonds. The van der Waals surface area contributed by atoms with E-state index in [0.29, 0.717) is 11.3 Å². The van der Waals surface area contributed by atoms with Crippen LogP contribution in [0.4, 0.5) is 5.69 Å². The van der Waals surface area contributed by atoms with Gasteiger partial charge in [-0.15, -0.1) is 0 Å². The van der Waals surface area contributed by atoms with E-state index in [1.165, 1.54) is 55.6 Å². The molecule has 0 aliphatic heterocycles. The minimum absolute atomic E-state index is 0.0338. The molecular weight excluding hydrogens is 308 g/mol. The lowest BCUT2D eigenvalue weighted by Crippen LogP contribution is -1.98. The predicted molar refractivity (Wildman–Crippen MR) is 80.9 cm³/mol. The number of non-ortho nitro benzene ring substituents is 1. The Balaban J connectivity index is 2.21. The average Bonchev–Trinajstić information content (AvgIpc) is 2.53. The Morgan fingerprint density at radius 3 is 2.18 bits per heavy atom. The number of hydrogen-bond donors (Lipinski definition) is 0. The van der Waals surface area contributed by atoms with E-state index in [2.05, 4.69) is 4.40 Å². The molecule has 0 fully saturated rings. The van der Waals surface area contributed by atoms with Gasteiger partial charge in [0.15, 0.2) is 0 Å². The summed E-state index contributed by atoms with van der Waals surface area (Å²) in [5.41, 5.74) is 0.373. The van der Waals surface area contributed by atoms with E-state index >= 15 is 0 Å². The first kappa shape index (κ1) is 15.6. The van der Waals surface area contributed by atoms with Crippen molar-refractivity contribution in [3.63, 3.8) is 0 Å². The fourth-order valence-electron chi connectivity index (χ4n) is 1.62. The number of nitrogens with zero attached hydrogens (tertiary/aromatic N) is 2. The monoisotopic (exact) mass is 320 g/mol. The average molecular weight is 320 g/mol. The molecule has 0 aliphatic carbocycles. The Bertz CT molecular complexity index is 796. The second-order valence-corrected chi connectivity index (χ2v) is 5.87. The molecule has 0 spiro atoms. The van der Waals surface area contributed by atoms with Gasteiger partial charge in [-0.3, -0.25) is 10.1 Å². The molecule has 0 saturated carbocycles. The summed E-state index contributed by atoms with van der Waals surface area (Å²) in [6.45, 7) is 0. The molecule has 0 N–H and O–H groups in total. The number of nitro groups is 1. The van der Waals surface area contributed by atoms with Crippen molar-refractivity contribution in [2.75, 3.05) is 7.11 Å². The number of rotatable bonds is 5. The lowest BCUT2D eigenvalue weighted by Gasteiger charge is -2.01. The minimum Gasteiger partial charge on any atom is -0.497 e. The molecule has 0 radical (unpaired) electrons. The smallest absolute Gasteiger partial charge is 0.282 e. The summed E-state index contributed by atoms with van der Waals surface area (Å²) in [5, 5.41) is 10.5. The van der Waals surface area contributed by atoms with Gasteiger partial charge in [-0.25, -0.2) is 0 Å². The van der Waals surface area contributed by atoms with Gasteiger partial charge in [-0.2, -0.15) is 12.8 Å². The van der Waals surface area contributed by atoms with Crippen LogP contribution in [0.5, 0.6) is 5.75 Å². The summed E-state index contributed by atoms with van der Waals surface area (Å²) in [5.74, 6) is 0.540. The Morgan fingerprint density at radius 1 is 1.09 bits per heavy atom. The molecule has 0 atom stereocenters. The van der Waals surface area contributed by atoms with Crippen molar-refractivity contribution < 1.29 is 18.1 Å². The second-order valence-electron chi connectivity index (χ2n) is 4.23. The van der Waals surface area contributed by atoms with E-state index in [-0.39, 0.29) is 10.6 Å². The van der Waals surface area contributed by atoms with Crippen molar-refractivity contribution in [1.82, 2.24) is 0 Å². The van der Waals surface area contributed by atoms with Crippen LogP contribution in [0.15, 0.2) is 57.8 Å². The maximum atomic E-state index is 12.0. The quantitative estimate of drug-likeness (QED) is 0.478. The molecular formula is C14H12N2O5S. The van der Waals surface area contributed by atoms with E-state index in [0.717, 1.165) is 6.21 Å². The fourth-order valence-corrected chi connectivity index (χ4v) is 2.48. The third kappa shape index (κ3) is 3.67. The third-order valence-corrected chi connectivity index (χ3v) is 4.05. The normalized spacial score (nSPS) is 11.5. The van der Waals surface area contributed by atoms with Crippen LogP contribution in [0.2, 0.25) is 0 Å². The first-order valence-electron chi connectivity index (χ1n) is 6.11. The maximum absolute atomic E-state index is 12.0. The molecule has 0 unspecified atom stereocenters. The van der Waals surface area contributed by atoms with Crippen molar-refractivity contribution in [3.8, 4) is 5.75 Å². The molecule has 22 heavy (non-hydrogen) atoms. The molecule has 2 rings (SSSR count). The largest absolute Gasteiger partial charge is 0.497 e. The Kier molecular flexibility index (Phi) is 4.52. The molecule has 0 bridgehead atoms. The molecule has 8 heteroatoms. The number of sulfonamides is 1. The summed E-state index contributed by atoms with van der Waals surface area (Å²) >= 11 is 0. The first-order chi connectivity index (χ1) is 10.4. The van der Waals surface area contributed by atoms with Crippen LogP contribution >= 0.6 is 0 Å². The van der Waals surface area contributed by atoms with Gasteiger partial charge in [0.1, 0.15) is 5.75 Å². The topological polar surface area (TPSA) is 98.9 Å². The summed E-state index contributed by atoms with van der Waals surface area (Å²) in [6.07, 6.45) is 1.14. The van der Waals surface area contributed by atoms with Crippen molar-refractivity contribution >= 4 is 21.9 Å². The molecule has 114 valence electrons. The van der Waals surface area contributed by atoms with E-state index in [1.807, 2.05) is 0 Å². The number of hydrogen-bond acceptors (Lipinski definition) is 5. The molecule has 2 aromatic rings. The highest BCUT2D eigenvalue weighted by Gasteiger charge is 2.11. The Labute approximate surface area is 127 Å². The van der Waals surface area contributed by atoms with Gasteiger partial charge >= 0.3 is 0 Å². The maximum Gasteiger partial charge on any atom is 0.282 e. The molecule has 0 heterocycles. The van der Waals surface area contributed by atoms with Crippen LogP contribution in [0, 0.1) is 10.1 Å². The fraction of sp³-hybridized carbons (Fsp3) is 0.0714. The van der Waals surface area contributed by atoms with Crippen molar-refractivity contribution in [2.45, 2.75) is 4.90 Å². The van der Waals surface area contributed by atoms with Gasteiger partial charge in [0.25, 0.3) is 15.7 Å². The zero-order chi connectivity index (χ0) is 16.2. The van der Waals surface area contributed by atoms with Gasteiger partial charge in [0.05, 0.1) is 16.9 Å². The number of benzene rings is 2. The highest BCUT2D eigenvalue weighted by atomic mass is 32.2. The van der Waals surface area contributed by atoms with Crippen LogP contribution < -0.4 is 4.74 Å². The Morgan fingerprint density at radius 2 is 1.68 bits per heavy atom. The van der Waals surface area contributed by atoms with Gasteiger partial charge in [0.2, 0.25) is 0 Å². The summed E-state index contributed by atoms with van der Waals surface area (Å²) in [7, 11) is -2.35. The molecule has 0 aromatic heterocycles. The zero-order valence-corrected chi connectivity index (χ0v) is 12.4. The SMILES string of the molecule is COc1ccc(S(=O)(=O)N=Cc2ccc([N+](=O)[O-])cc2)cc1. The van der Waals surface area contributed by atoms with Gasteiger partial charge in [0, 0.05) is 18.3 Å². The van der Waals surface area contributed by atoms with Crippen LogP contribution in [0.3, 0.4) is 0 Å². The lowest BCUT2D eigenvalue weighted by atomic mass is 10.2. The van der Waals surface area contributed by atoms with E-state index < -0.39 is 14.9 Å². The molecule has 0 aliphatic rings. The van der Waals surface area contributed by atoms with Gasteiger partial charge in [-0.1, -0.05) is 0 Å². The Hall–Kier alpha value is -2.74. The third-order valence-electron chi connectivity index (χ3n) is 2.80. The van der Waals surface area contributed by atoms with Crippen LogP contribution in [0.25, 0.3) is 0 Å². The second kappa shape index (κ2) is 6.35. The molecule has 0 saturated heterocycles. The van der Waals surface area contributed by atoms with E-state index in [1.54, 1.807) is 0 Å². The summed E-state index contributed by atoms with van der Waals surface area (Å²) in [4.78, 5) is 10.0. The first-order valence-corrected chi connectivity index (χ1v) is 7.55. The van der Waals surface area contributed by atoms with Gasteiger partial charge < -0.3 is 4.74 Å². The predicted octanol–water partition coefficient (Wildman–Crippen LogP) is 2.41. The van der Waals surface area contributed by atoms with Crippen molar-refractivity contribution in [2.24, 2.45) is 4.40 Å². The van der Waals surface area contributed by atoms with Gasteiger partial charge in [-0.05, 0) is 42.0 Å². The van der Waals surface area contributed by atoms with Crippen LogP contribution in [-0.4, -0.2) is 26.7 Å². The highest BCUT2D eigenvalue weighted by Crippen LogP contribution is 2.17.